The van der Waals surface area contributed by atoms with E-state index in [4.69, 9.17) is 19.6 Å². The number of carbonyl (C=O) groups excluding carboxylic acids is 5. The fraction of sp³-hybridized carbons (Fsp3) is 0.455. The van der Waals surface area contributed by atoms with Gasteiger partial charge in [-0.1, -0.05) is 0 Å². The lowest BCUT2D eigenvalue weighted by molar-refractivity contribution is -0.136. The van der Waals surface area contributed by atoms with Crippen molar-refractivity contribution in [1.29, 1.82) is 0 Å². The van der Waals surface area contributed by atoms with Crippen LogP contribution in [0.25, 0.3) is 16.6 Å². The van der Waals surface area contributed by atoms with Crippen LogP contribution in [0.1, 0.15) is 75.6 Å². The zero-order valence-corrected chi connectivity index (χ0v) is 34.5. The first kappa shape index (κ1) is 39.4. The average Bonchev–Trinajstić information content (AvgIpc) is 3.78. The number of nitrogens with zero attached hydrogens (tertiary/aromatic N) is 9. The van der Waals surface area contributed by atoms with Gasteiger partial charge in [0, 0.05) is 68.7 Å². The molecule has 11 rings (SSSR count). The molecule has 2 N–H and O–H groups in total. The van der Waals surface area contributed by atoms with Crippen LogP contribution in [0.5, 0.6) is 5.75 Å². The Morgan fingerprint density at radius 3 is 2.51 bits per heavy atom. The lowest BCUT2D eigenvalue weighted by Gasteiger charge is -2.48. The van der Waals surface area contributed by atoms with E-state index in [0.717, 1.165) is 60.4 Å². The number of carbonyl (C=O) groups is 5. The number of hydrogen-bond acceptors (Lipinski definition) is 13. The average molecular weight is 860 g/mol. The van der Waals surface area contributed by atoms with Gasteiger partial charge in [-0.25, -0.2) is 13.9 Å². The molecule has 0 spiro atoms. The number of morpholine rings is 1. The number of hydrogen-bond donors (Lipinski definition) is 2. The normalized spacial score (nSPS) is 21.9. The Bertz CT molecular complexity index is 2690. The van der Waals surface area contributed by atoms with Crippen LogP contribution < -0.4 is 25.2 Å². The summed E-state index contributed by atoms with van der Waals surface area (Å²) in [5, 5.41) is 15.5. The lowest BCUT2D eigenvalue weighted by Crippen LogP contribution is -2.64. The predicted octanol–water partition coefficient (Wildman–Crippen LogP) is 3.22. The van der Waals surface area contributed by atoms with Crippen LogP contribution in [0.3, 0.4) is 0 Å². The number of alkyl halides is 1. The molecule has 0 bridgehead atoms. The number of aromatic nitrogens is 5. The minimum atomic E-state index is -1.45. The number of likely N-dealkylation sites (tertiary alicyclic amines) is 1. The minimum Gasteiger partial charge on any atom is -0.491 e. The van der Waals surface area contributed by atoms with Crippen LogP contribution in [-0.4, -0.2) is 141 Å². The third-order valence-electron chi connectivity index (χ3n) is 13.2. The Labute approximate surface area is 360 Å². The Kier molecular flexibility index (Phi) is 9.63. The van der Waals surface area contributed by atoms with E-state index in [0.29, 0.717) is 67.2 Å². The van der Waals surface area contributed by atoms with Gasteiger partial charge < -0.3 is 24.6 Å². The summed E-state index contributed by atoms with van der Waals surface area (Å²) >= 11 is 0. The smallest absolute Gasteiger partial charge is 0.262 e. The van der Waals surface area contributed by atoms with Gasteiger partial charge in [-0.2, -0.15) is 10.2 Å². The Balaban J connectivity index is 0.729. The number of amides is 5. The van der Waals surface area contributed by atoms with Crippen molar-refractivity contribution in [2.75, 3.05) is 80.8 Å². The monoisotopic (exact) mass is 859 g/mol. The number of fused-ring (bicyclic) bond motifs is 3. The third kappa shape index (κ3) is 7.41. The molecule has 1 atom stereocenters. The first-order valence-electron chi connectivity index (χ1n) is 21.7. The van der Waals surface area contributed by atoms with E-state index in [-0.39, 0.29) is 55.6 Å². The standard InChI is InChI=1S/C44H46FN11O7/c45-44(24-53(25-44)29-3-4-30-31(18-29)43(61)56(42(30)60)35-5-6-38(57)49-41(35)59)23-51-10-7-28(8-11-51)55-21-27-17-34(36(19-33(27)50-55)63-22-26-1-2-26)47-40(58)32-20-46-54-12-9-37(48-39(32)54)52-13-15-62-16-14-52/h3-4,9,12,17-21,26,28,35H,1-2,5-8,10-11,13-16,22-25H2,(H,47,58)(H,49,57,59). The Morgan fingerprint density at radius 2 is 1.73 bits per heavy atom. The number of halogens is 1. The molecule has 19 heteroatoms. The highest BCUT2D eigenvalue weighted by atomic mass is 19.1. The summed E-state index contributed by atoms with van der Waals surface area (Å²) in [6.45, 7) is 5.17. The Morgan fingerprint density at radius 1 is 0.937 bits per heavy atom. The van der Waals surface area contributed by atoms with Gasteiger partial charge in [-0.15, -0.1) is 0 Å². The summed E-state index contributed by atoms with van der Waals surface area (Å²) in [4.78, 5) is 76.3. The summed E-state index contributed by atoms with van der Waals surface area (Å²) in [6.07, 6.45) is 9.26. The zero-order valence-electron chi connectivity index (χ0n) is 34.5. The van der Waals surface area contributed by atoms with E-state index in [1.807, 2.05) is 40.2 Å². The second-order valence-corrected chi connectivity index (χ2v) is 17.6. The zero-order chi connectivity index (χ0) is 43.0. The van der Waals surface area contributed by atoms with Gasteiger partial charge in [0.2, 0.25) is 11.8 Å². The molecule has 8 heterocycles. The highest BCUT2D eigenvalue weighted by Gasteiger charge is 2.48. The molecule has 1 saturated carbocycles. The maximum absolute atomic E-state index is 16.2. The van der Waals surface area contributed by atoms with Crippen molar-refractivity contribution >= 4 is 63.3 Å². The number of benzene rings is 2. The van der Waals surface area contributed by atoms with E-state index in [1.54, 1.807) is 22.7 Å². The molecule has 63 heavy (non-hydrogen) atoms. The molecule has 5 aliphatic heterocycles. The molecule has 5 amide bonds. The van der Waals surface area contributed by atoms with Gasteiger partial charge in [-0.3, -0.25) is 43.8 Å². The van der Waals surface area contributed by atoms with Gasteiger partial charge in [-0.05, 0) is 68.4 Å². The number of imide groups is 2. The van der Waals surface area contributed by atoms with Gasteiger partial charge in [0.15, 0.2) is 11.3 Å². The third-order valence-corrected chi connectivity index (χ3v) is 13.2. The number of anilines is 3. The van der Waals surface area contributed by atoms with Crippen LogP contribution in [0.2, 0.25) is 0 Å². The summed E-state index contributed by atoms with van der Waals surface area (Å²) in [7, 11) is 0. The van der Waals surface area contributed by atoms with Crippen molar-refractivity contribution in [2.24, 2.45) is 5.92 Å². The van der Waals surface area contributed by atoms with Crippen molar-refractivity contribution in [3.05, 3.63) is 71.7 Å². The highest BCUT2D eigenvalue weighted by molar-refractivity contribution is 6.23. The molecule has 18 nitrogen and oxygen atoms in total. The van der Waals surface area contributed by atoms with E-state index in [2.05, 4.69) is 25.5 Å². The molecule has 326 valence electrons. The fourth-order valence-corrected chi connectivity index (χ4v) is 9.46. The molecule has 0 radical (unpaired) electrons. The molecule has 6 aliphatic rings. The summed E-state index contributed by atoms with van der Waals surface area (Å²) < 4.78 is 31.5. The fourth-order valence-electron chi connectivity index (χ4n) is 9.46. The summed E-state index contributed by atoms with van der Waals surface area (Å²) in [5.41, 5.74) is 1.66. The molecule has 5 fully saturated rings. The van der Waals surface area contributed by atoms with Crippen molar-refractivity contribution in [3.8, 4) is 5.75 Å². The second-order valence-electron chi connectivity index (χ2n) is 17.6. The molecule has 1 unspecified atom stereocenters. The van der Waals surface area contributed by atoms with Crippen molar-refractivity contribution in [2.45, 2.75) is 56.3 Å². The van der Waals surface area contributed by atoms with Crippen LogP contribution in [0, 0.1) is 5.92 Å². The van der Waals surface area contributed by atoms with Crippen LogP contribution in [0.15, 0.2) is 55.0 Å². The second kappa shape index (κ2) is 15.4. The van der Waals surface area contributed by atoms with Crippen LogP contribution in [0.4, 0.5) is 21.6 Å². The maximum atomic E-state index is 16.2. The maximum Gasteiger partial charge on any atom is 0.262 e. The van der Waals surface area contributed by atoms with E-state index < -0.39 is 35.3 Å². The Hall–Kier alpha value is -6.47. The predicted molar refractivity (Wildman–Crippen MR) is 226 cm³/mol. The van der Waals surface area contributed by atoms with Crippen molar-refractivity contribution < 1.29 is 37.8 Å². The van der Waals surface area contributed by atoms with Gasteiger partial charge in [0.1, 0.15) is 23.2 Å². The van der Waals surface area contributed by atoms with Gasteiger partial charge in [0.25, 0.3) is 17.7 Å². The quantitative estimate of drug-likeness (QED) is 0.185. The SMILES string of the molecule is O=C1CCC(N2C(=O)c3ccc(N4CC(F)(CN5CCC(n6cc7cc(NC(=O)c8cnn9ccc(N%10CCOCC%10)nc89)c(OCC8CC8)cc7n6)CC5)C4)cc3C2=O)C(=O)N1. The first-order chi connectivity index (χ1) is 30.6. The topological polar surface area (TPSA) is 189 Å². The number of rotatable bonds is 11. The van der Waals surface area contributed by atoms with E-state index in [9.17, 15) is 24.0 Å². The number of nitrogens with one attached hydrogen (secondary N) is 2. The summed E-state index contributed by atoms with van der Waals surface area (Å²) in [6, 6.07) is 9.61. The molecule has 4 saturated heterocycles. The number of piperidine rings is 2. The molecule has 2 aromatic carbocycles. The lowest BCUT2D eigenvalue weighted by atomic mass is 9.92. The summed E-state index contributed by atoms with van der Waals surface area (Å²) in [5.74, 6) is -0.775. The molecule has 3 aromatic heterocycles. The van der Waals surface area contributed by atoms with E-state index >= 15 is 4.39 Å². The molecular weight excluding hydrogens is 814 g/mol. The largest absolute Gasteiger partial charge is 0.491 e. The molecular formula is C44H46FN11O7. The minimum absolute atomic E-state index is 0.0438. The van der Waals surface area contributed by atoms with Gasteiger partial charge >= 0.3 is 0 Å². The van der Waals surface area contributed by atoms with Crippen LogP contribution in [-0.2, 0) is 14.3 Å². The number of ether oxygens (including phenoxy) is 2. The van der Waals surface area contributed by atoms with Crippen molar-refractivity contribution in [3.63, 3.8) is 0 Å². The van der Waals surface area contributed by atoms with E-state index in [1.165, 1.54) is 6.20 Å². The first-order valence-corrected chi connectivity index (χ1v) is 21.7. The molecule has 1 aliphatic carbocycles. The molecule has 5 aromatic rings. The highest BCUT2D eigenvalue weighted by Crippen LogP contribution is 2.38. The van der Waals surface area contributed by atoms with Gasteiger partial charge in [0.05, 0.1) is 67.5 Å². The van der Waals surface area contributed by atoms with Crippen LogP contribution >= 0.6 is 0 Å². The van der Waals surface area contributed by atoms with Crippen molar-refractivity contribution in [1.82, 2.24) is 39.5 Å².